The third-order valence-corrected chi connectivity index (χ3v) is 5.63. The summed E-state index contributed by atoms with van der Waals surface area (Å²) in [6.07, 6.45) is 3.13. The maximum Gasteiger partial charge on any atom is 0.195 e. The summed E-state index contributed by atoms with van der Waals surface area (Å²) < 4.78 is 15.4. The smallest absolute Gasteiger partial charge is 0.195 e. The molecule has 0 aliphatic rings. The van der Waals surface area contributed by atoms with E-state index >= 15 is 0 Å². The average Bonchev–Trinajstić information content (AvgIpc) is 3.10. The van der Waals surface area contributed by atoms with Gasteiger partial charge in [-0.25, -0.2) is 9.19 Å². The van der Waals surface area contributed by atoms with Crippen molar-refractivity contribution in [3.05, 3.63) is 88.2 Å². The Morgan fingerprint density at radius 3 is 2.68 bits per heavy atom. The molecule has 1 atom stereocenters. The van der Waals surface area contributed by atoms with Crippen molar-refractivity contribution in [2.45, 2.75) is 4.90 Å². The summed E-state index contributed by atoms with van der Waals surface area (Å²) >= 11 is 12.0. The first-order valence-corrected chi connectivity index (χ1v) is 10.1. The predicted molar refractivity (Wildman–Crippen MR) is 112 cm³/mol. The largest absolute Gasteiger partial charge is 0.345 e. The van der Waals surface area contributed by atoms with E-state index in [4.69, 9.17) is 23.2 Å². The number of H-pyrrole nitrogens is 1. The van der Waals surface area contributed by atoms with Gasteiger partial charge >= 0.3 is 0 Å². The number of carbonyl (C=O) groups is 1. The summed E-state index contributed by atoms with van der Waals surface area (Å²) in [5.41, 5.74) is 2.07. The van der Waals surface area contributed by atoms with Gasteiger partial charge in [0.25, 0.3) is 0 Å². The van der Waals surface area contributed by atoms with Crippen molar-refractivity contribution in [3.63, 3.8) is 0 Å². The van der Waals surface area contributed by atoms with Crippen molar-refractivity contribution in [2.75, 3.05) is 4.72 Å². The molecule has 0 aliphatic carbocycles. The number of ketones is 1. The zero-order chi connectivity index (χ0) is 19.7. The Balaban J connectivity index is 1.62. The molecular weight excluding hydrogens is 417 g/mol. The third-order valence-electron chi connectivity index (χ3n) is 4.09. The zero-order valence-electron chi connectivity index (χ0n) is 14.3. The lowest BCUT2D eigenvalue weighted by molar-refractivity contribution is 0.104. The molecule has 140 valence electrons. The molecule has 4 aromatic rings. The van der Waals surface area contributed by atoms with E-state index in [0.717, 1.165) is 0 Å². The minimum atomic E-state index is -1.51. The van der Waals surface area contributed by atoms with E-state index in [0.29, 0.717) is 42.8 Å². The van der Waals surface area contributed by atoms with E-state index in [1.807, 2.05) is 0 Å². The number of anilines is 1. The first-order valence-electron chi connectivity index (χ1n) is 8.22. The van der Waals surface area contributed by atoms with Crippen LogP contribution in [0.1, 0.15) is 15.9 Å². The number of hydrogen-bond acceptors (Lipinski definition) is 3. The van der Waals surface area contributed by atoms with Crippen LogP contribution in [0.2, 0.25) is 10.0 Å². The van der Waals surface area contributed by atoms with Crippen LogP contribution in [-0.2, 0) is 11.0 Å². The minimum absolute atomic E-state index is 0.187. The topological polar surface area (TPSA) is 74.8 Å². The number of fused-ring (bicyclic) bond motifs is 1. The van der Waals surface area contributed by atoms with Crippen molar-refractivity contribution in [3.8, 4) is 0 Å². The maximum atomic E-state index is 13.0. The molecule has 2 aromatic carbocycles. The quantitative estimate of drug-likeness (QED) is 0.426. The van der Waals surface area contributed by atoms with Gasteiger partial charge in [-0.15, -0.1) is 0 Å². The number of benzene rings is 2. The van der Waals surface area contributed by atoms with Gasteiger partial charge in [0.1, 0.15) is 16.6 Å². The first-order chi connectivity index (χ1) is 13.5. The second-order valence-electron chi connectivity index (χ2n) is 5.99. The van der Waals surface area contributed by atoms with Gasteiger partial charge in [0.05, 0.1) is 9.92 Å². The van der Waals surface area contributed by atoms with Gasteiger partial charge in [-0.05, 0) is 36.4 Å². The Bertz CT molecular complexity index is 1220. The summed E-state index contributed by atoms with van der Waals surface area (Å²) in [5.74, 6) is -0.187. The van der Waals surface area contributed by atoms with E-state index in [9.17, 15) is 9.00 Å². The highest BCUT2D eigenvalue weighted by molar-refractivity contribution is 7.86. The van der Waals surface area contributed by atoms with Crippen LogP contribution >= 0.6 is 23.2 Å². The number of aromatic nitrogens is 2. The molecule has 1 unspecified atom stereocenters. The Hall–Kier alpha value is -2.67. The maximum absolute atomic E-state index is 13.0. The van der Waals surface area contributed by atoms with Gasteiger partial charge in [-0.1, -0.05) is 41.4 Å². The fourth-order valence-corrected chi connectivity index (χ4v) is 4.10. The molecule has 0 saturated heterocycles. The number of rotatable bonds is 5. The number of pyridine rings is 1. The Morgan fingerprint density at radius 2 is 1.86 bits per heavy atom. The van der Waals surface area contributed by atoms with Crippen LogP contribution in [0.5, 0.6) is 0 Å². The lowest BCUT2D eigenvalue weighted by atomic mass is 10.0. The van der Waals surface area contributed by atoms with E-state index in [1.165, 1.54) is 6.20 Å². The number of nitrogens with zero attached hydrogens (tertiary/aromatic N) is 1. The summed E-state index contributed by atoms with van der Waals surface area (Å²) in [6.45, 7) is 0. The first kappa shape index (κ1) is 18.7. The lowest BCUT2D eigenvalue weighted by Crippen LogP contribution is -2.06. The SMILES string of the molecule is O=C(c1cccc(NS(=O)c2cccc(Cl)c2)c1)c1c[nH]c2ncc(Cl)cc12. The van der Waals surface area contributed by atoms with Gasteiger partial charge in [0, 0.05) is 39.6 Å². The number of aromatic amines is 1. The van der Waals surface area contributed by atoms with Crippen LogP contribution in [0.25, 0.3) is 11.0 Å². The summed E-state index contributed by atoms with van der Waals surface area (Å²) in [6, 6.07) is 15.3. The minimum Gasteiger partial charge on any atom is -0.345 e. The number of carbonyl (C=O) groups excluding carboxylic acids is 1. The molecule has 0 spiro atoms. The van der Waals surface area contributed by atoms with Crippen molar-refractivity contribution in [1.29, 1.82) is 0 Å². The van der Waals surface area contributed by atoms with Gasteiger partial charge < -0.3 is 9.71 Å². The highest BCUT2D eigenvalue weighted by Gasteiger charge is 2.16. The average molecular weight is 430 g/mol. The third kappa shape index (κ3) is 3.80. The number of nitrogens with one attached hydrogen (secondary N) is 2. The molecule has 28 heavy (non-hydrogen) atoms. The number of halogens is 2. The Morgan fingerprint density at radius 1 is 1.04 bits per heavy atom. The Labute approximate surface area is 173 Å². The van der Waals surface area contributed by atoms with Crippen LogP contribution < -0.4 is 4.72 Å². The van der Waals surface area contributed by atoms with Crippen LogP contribution in [0.4, 0.5) is 5.69 Å². The van der Waals surface area contributed by atoms with E-state index in [1.54, 1.807) is 60.8 Å². The fraction of sp³-hybridized carbons (Fsp3) is 0. The van der Waals surface area contributed by atoms with Crippen molar-refractivity contribution in [2.24, 2.45) is 0 Å². The van der Waals surface area contributed by atoms with Crippen LogP contribution in [0.3, 0.4) is 0 Å². The fourth-order valence-electron chi connectivity index (χ4n) is 2.79. The molecule has 2 aromatic heterocycles. The second kappa shape index (κ2) is 7.75. The van der Waals surface area contributed by atoms with Crippen molar-refractivity contribution in [1.82, 2.24) is 9.97 Å². The van der Waals surface area contributed by atoms with Gasteiger partial charge in [-0.3, -0.25) is 4.79 Å². The Kier molecular flexibility index (Phi) is 5.17. The molecule has 8 heteroatoms. The second-order valence-corrected chi connectivity index (χ2v) is 8.08. The molecule has 4 rings (SSSR count). The summed E-state index contributed by atoms with van der Waals surface area (Å²) in [7, 11) is -1.51. The standard InChI is InChI=1S/C20H13Cl2N3O2S/c21-13-4-2-6-16(8-13)28(27)25-15-5-1-3-12(7-15)19(26)18-11-24-20-17(18)9-14(22)10-23-20/h1-11,25H,(H,23,24). The van der Waals surface area contributed by atoms with Gasteiger partial charge in [0.15, 0.2) is 5.78 Å². The molecule has 0 radical (unpaired) electrons. The molecule has 0 bridgehead atoms. The normalized spacial score (nSPS) is 12.1. The zero-order valence-corrected chi connectivity index (χ0v) is 16.6. The molecule has 0 amide bonds. The summed E-state index contributed by atoms with van der Waals surface area (Å²) in [5, 5.41) is 1.61. The van der Waals surface area contributed by atoms with E-state index in [2.05, 4.69) is 14.7 Å². The van der Waals surface area contributed by atoms with Crippen LogP contribution in [0, 0.1) is 0 Å². The van der Waals surface area contributed by atoms with E-state index in [-0.39, 0.29) is 5.78 Å². The number of hydrogen-bond donors (Lipinski definition) is 2. The molecule has 0 saturated carbocycles. The van der Waals surface area contributed by atoms with Crippen molar-refractivity contribution >= 4 is 56.7 Å². The van der Waals surface area contributed by atoms with E-state index < -0.39 is 11.0 Å². The molecule has 5 nitrogen and oxygen atoms in total. The predicted octanol–water partition coefficient (Wildman–Crippen LogP) is 5.24. The highest BCUT2D eigenvalue weighted by atomic mass is 35.5. The molecule has 2 N–H and O–H groups in total. The summed E-state index contributed by atoms with van der Waals surface area (Å²) in [4.78, 5) is 20.7. The molecule has 0 aliphatic heterocycles. The monoisotopic (exact) mass is 429 g/mol. The lowest BCUT2D eigenvalue weighted by Gasteiger charge is -2.08. The highest BCUT2D eigenvalue weighted by Crippen LogP contribution is 2.24. The van der Waals surface area contributed by atoms with Crippen LogP contribution in [-0.4, -0.2) is 20.0 Å². The van der Waals surface area contributed by atoms with Gasteiger partial charge in [0.2, 0.25) is 0 Å². The van der Waals surface area contributed by atoms with Crippen LogP contribution in [0.15, 0.2) is 71.9 Å². The van der Waals surface area contributed by atoms with Gasteiger partial charge in [-0.2, -0.15) is 0 Å². The molecular formula is C20H13Cl2N3O2S. The van der Waals surface area contributed by atoms with Crippen molar-refractivity contribution < 1.29 is 9.00 Å². The molecule has 0 fully saturated rings. The molecule has 2 heterocycles.